The molecule has 1 aliphatic rings. The molecule has 1 heterocycles. The number of carbonyl (C=O) groups is 2. The first-order valence-corrected chi connectivity index (χ1v) is 6.69. The Hall–Kier alpha value is -0.570. The summed E-state index contributed by atoms with van der Waals surface area (Å²) in [5.74, 6) is 0.156. The maximum atomic E-state index is 12.2. The van der Waals surface area contributed by atoms with Gasteiger partial charge in [0.15, 0.2) is 0 Å². The van der Waals surface area contributed by atoms with E-state index in [1.54, 1.807) is 6.92 Å². The van der Waals surface area contributed by atoms with Gasteiger partial charge in [-0.1, -0.05) is 27.7 Å². The molecule has 1 rings (SSSR count). The van der Waals surface area contributed by atoms with E-state index >= 15 is 0 Å². The normalized spacial score (nSPS) is 21.4. The van der Waals surface area contributed by atoms with Crippen molar-refractivity contribution in [1.82, 2.24) is 4.90 Å². The van der Waals surface area contributed by atoms with Crippen molar-refractivity contribution >= 4 is 23.4 Å². The summed E-state index contributed by atoms with van der Waals surface area (Å²) in [6.07, 6.45) is 1.20. The van der Waals surface area contributed by atoms with Gasteiger partial charge in [-0.2, -0.15) is 0 Å². The fourth-order valence-electron chi connectivity index (χ4n) is 3.03. The molecule has 0 bridgehead atoms. The molecule has 17 heavy (non-hydrogen) atoms. The summed E-state index contributed by atoms with van der Waals surface area (Å²) in [7, 11) is 0. The molecule has 1 atom stereocenters. The van der Waals surface area contributed by atoms with E-state index in [0.29, 0.717) is 6.42 Å². The minimum atomic E-state index is -0.645. The van der Waals surface area contributed by atoms with Crippen LogP contribution in [-0.4, -0.2) is 27.6 Å². The molecule has 0 aliphatic carbocycles. The minimum absolute atomic E-state index is 0.0788. The Balaban J connectivity index is 3.21. The second kappa shape index (κ2) is 4.97. The van der Waals surface area contributed by atoms with Crippen molar-refractivity contribution < 1.29 is 9.59 Å². The van der Waals surface area contributed by atoms with Crippen LogP contribution in [0, 0.1) is 11.8 Å². The predicted octanol–water partition coefficient (Wildman–Crippen LogP) is 2.81. The maximum absolute atomic E-state index is 12.2. The van der Waals surface area contributed by atoms with Gasteiger partial charge in [-0.15, -0.1) is 11.6 Å². The first-order chi connectivity index (χ1) is 7.75. The second-order valence-electron chi connectivity index (χ2n) is 5.48. The Morgan fingerprint density at radius 3 is 2.06 bits per heavy atom. The molecule has 0 saturated carbocycles. The standard InChI is InChI=1S/C13H22ClNO2/c1-8(2)13(9(3)4)7-6-11(16)15(13)12(17)10(5)14/h8-10H,6-7H2,1-5H3. The number of hydrogen-bond donors (Lipinski definition) is 0. The Labute approximate surface area is 108 Å². The van der Waals surface area contributed by atoms with Crippen LogP contribution in [0.1, 0.15) is 47.5 Å². The largest absolute Gasteiger partial charge is 0.275 e. The molecular weight excluding hydrogens is 238 g/mol. The Bertz CT molecular complexity index is 315. The van der Waals surface area contributed by atoms with E-state index in [-0.39, 0.29) is 29.2 Å². The summed E-state index contributed by atoms with van der Waals surface area (Å²) in [5.41, 5.74) is -0.364. The van der Waals surface area contributed by atoms with Gasteiger partial charge in [-0.25, -0.2) is 0 Å². The number of hydrogen-bond acceptors (Lipinski definition) is 2. The van der Waals surface area contributed by atoms with Crippen LogP contribution in [0.15, 0.2) is 0 Å². The topological polar surface area (TPSA) is 37.4 Å². The molecule has 4 heteroatoms. The Morgan fingerprint density at radius 2 is 1.71 bits per heavy atom. The highest BCUT2D eigenvalue weighted by molar-refractivity contribution is 6.31. The number of alkyl halides is 1. The third-order valence-electron chi connectivity index (χ3n) is 3.97. The van der Waals surface area contributed by atoms with Crippen LogP contribution in [-0.2, 0) is 9.59 Å². The number of halogens is 1. The van der Waals surface area contributed by atoms with Crippen LogP contribution in [0.2, 0.25) is 0 Å². The quantitative estimate of drug-likeness (QED) is 0.731. The van der Waals surface area contributed by atoms with Crippen LogP contribution >= 0.6 is 11.6 Å². The summed E-state index contributed by atoms with van der Waals surface area (Å²) in [6.45, 7) is 9.89. The van der Waals surface area contributed by atoms with Gasteiger partial charge < -0.3 is 0 Å². The van der Waals surface area contributed by atoms with Gasteiger partial charge in [0.05, 0.1) is 5.54 Å². The molecule has 1 fully saturated rings. The highest BCUT2D eigenvalue weighted by atomic mass is 35.5. The molecule has 1 unspecified atom stereocenters. The zero-order valence-electron chi connectivity index (χ0n) is 11.3. The number of amides is 2. The van der Waals surface area contributed by atoms with Crippen molar-refractivity contribution in [2.24, 2.45) is 11.8 Å². The molecule has 98 valence electrons. The summed E-state index contributed by atoms with van der Waals surface area (Å²) in [5, 5.41) is -0.645. The smallest absolute Gasteiger partial charge is 0.247 e. The molecule has 0 aromatic carbocycles. The van der Waals surface area contributed by atoms with E-state index < -0.39 is 5.38 Å². The minimum Gasteiger partial charge on any atom is -0.275 e. The van der Waals surface area contributed by atoms with Gasteiger partial charge in [0.25, 0.3) is 0 Å². The molecule has 2 amide bonds. The lowest BCUT2D eigenvalue weighted by molar-refractivity contribution is -0.150. The average Bonchev–Trinajstić information content (AvgIpc) is 2.55. The Morgan fingerprint density at radius 1 is 1.24 bits per heavy atom. The summed E-state index contributed by atoms with van der Waals surface area (Å²) >= 11 is 5.87. The van der Waals surface area contributed by atoms with Crippen molar-refractivity contribution in [3.8, 4) is 0 Å². The third kappa shape index (κ3) is 2.22. The summed E-state index contributed by atoms with van der Waals surface area (Å²) < 4.78 is 0. The summed E-state index contributed by atoms with van der Waals surface area (Å²) in [6, 6.07) is 0. The zero-order valence-corrected chi connectivity index (χ0v) is 12.0. The number of carbonyl (C=O) groups excluding carboxylic acids is 2. The van der Waals surface area contributed by atoms with E-state index in [2.05, 4.69) is 27.7 Å². The van der Waals surface area contributed by atoms with Crippen molar-refractivity contribution in [2.45, 2.75) is 58.4 Å². The van der Waals surface area contributed by atoms with Gasteiger partial charge in [-0.05, 0) is 25.2 Å². The van der Waals surface area contributed by atoms with Crippen LogP contribution in [0.5, 0.6) is 0 Å². The third-order valence-corrected chi connectivity index (χ3v) is 4.15. The predicted molar refractivity (Wildman–Crippen MR) is 68.8 cm³/mol. The van der Waals surface area contributed by atoms with Gasteiger partial charge in [0.2, 0.25) is 11.8 Å². The molecule has 0 radical (unpaired) electrons. The zero-order chi connectivity index (χ0) is 13.4. The van der Waals surface area contributed by atoms with Gasteiger partial charge >= 0.3 is 0 Å². The van der Waals surface area contributed by atoms with Crippen molar-refractivity contribution in [3.63, 3.8) is 0 Å². The van der Waals surface area contributed by atoms with E-state index in [0.717, 1.165) is 6.42 Å². The molecule has 0 aromatic rings. The fourth-order valence-corrected chi connectivity index (χ4v) is 3.13. The number of rotatable bonds is 3. The molecule has 3 nitrogen and oxygen atoms in total. The summed E-state index contributed by atoms with van der Waals surface area (Å²) in [4.78, 5) is 25.6. The van der Waals surface area contributed by atoms with Crippen molar-refractivity contribution in [3.05, 3.63) is 0 Å². The van der Waals surface area contributed by atoms with Gasteiger partial charge in [0, 0.05) is 6.42 Å². The number of imide groups is 1. The van der Waals surface area contributed by atoms with Crippen LogP contribution in [0.3, 0.4) is 0 Å². The fraction of sp³-hybridized carbons (Fsp3) is 0.846. The molecule has 0 N–H and O–H groups in total. The van der Waals surface area contributed by atoms with Crippen LogP contribution < -0.4 is 0 Å². The van der Waals surface area contributed by atoms with Crippen LogP contribution in [0.25, 0.3) is 0 Å². The van der Waals surface area contributed by atoms with Gasteiger partial charge in [-0.3, -0.25) is 14.5 Å². The van der Waals surface area contributed by atoms with E-state index in [9.17, 15) is 9.59 Å². The highest BCUT2D eigenvalue weighted by Crippen LogP contribution is 2.43. The average molecular weight is 260 g/mol. The molecule has 1 saturated heterocycles. The van der Waals surface area contributed by atoms with E-state index in [1.807, 2.05) is 0 Å². The van der Waals surface area contributed by atoms with Crippen LogP contribution in [0.4, 0.5) is 0 Å². The molecule has 0 spiro atoms. The lowest BCUT2D eigenvalue weighted by atomic mass is 9.75. The lowest BCUT2D eigenvalue weighted by Gasteiger charge is -2.44. The number of likely N-dealkylation sites (tertiary alicyclic amines) is 1. The maximum Gasteiger partial charge on any atom is 0.247 e. The number of nitrogens with zero attached hydrogens (tertiary/aromatic N) is 1. The van der Waals surface area contributed by atoms with Crippen molar-refractivity contribution in [2.75, 3.05) is 0 Å². The lowest BCUT2D eigenvalue weighted by Crippen LogP contribution is -2.57. The first kappa shape index (κ1) is 14.5. The Kier molecular flexibility index (Phi) is 4.23. The van der Waals surface area contributed by atoms with E-state index in [4.69, 9.17) is 11.6 Å². The van der Waals surface area contributed by atoms with Crippen molar-refractivity contribution in [1.29, 1.82) is 0 Å². The molecular formula is C13H22ClNO2. The first-order valence-electron chi connectivity index (χ1n) is 6.26. The van der Waals surface area contributed by atoms with E-state index in [1.165, 1.54) is 4.90 Å². The SMILES string of the molecule is CC(Cl)C(=O)N1C(=O)CCC1(C(C)C)C(C)C. The molecule has 1 aliphatic heterocycles. The highest BCUT2D eigenvalue weighted by Gasteiger charge is 2.52. The van der Waals surface area contributed by atoms with Gasteiger partial charge in [0.1, 0.15) is 5.38 Å². The molecule has 0 aromatic heterocycles. The monoisotopic (exact) mass is 259 g/mol. The second-order valence-corrected chi connectivity index (χ2v) is 6.14.